The molecule has 42 heavy (non-hydrogen) atoms. The molecule has 10 nitrogen and oxygen atoms in total. The van der Waals surface area contributed by atoms with E-state index in [0.29, 0.717) is 23.7 Å². The summed E-state index contributed by atoms with van der Waals surface area (Å²) < 4.78 is 2.05. The number of amides is 3. The molecule has 1 unspecified atom stereocenters. The average Bonchev–Trinajstić information content (AvgIpc) is 3.47. The van der Waals surface area contributed by atoms with Crippen LogP contribution in [0.3, 0.4) is 0 Å². The summed E-state index contributed by atoms with van der Waals surface area (Å²) in [6.45, 7) is 7.78. The molecule has 0 bridgehead atoms. The molecule has 6 rings (SSSR count). The smallest absolute Gasteiger partial charge is 0.249 e. The number of nitrogens with one attached hydrogen (secondary N) is 3. The van der Waals surface area contributed by atoms with Gasteiger partial charge in [0.2, 0.25) is 17.7 Å². The Labute approximate surface area is 250 Å². The van der Waals surface area contributed by atoms with Crippen LogP contribution in [-0.4, -0.2) is 56.5 Å². The van der Waals surface area contributed by atoms with Crippen molar-refractivity contribution in [3.05, 3.63) is 59.0 Å². The predicted octanol–water partition coefficient (Wildman–Crippen LogP) is 4.25. The molecule has 3 aliphatic heterocycles. The van der Waals surface area contributed by atoms with E-state index in [0.717, 1.165) is 67.9 Å². The Morgan fingerprint density at radius 1 is 1.10 bits per heavy atom. The van der Waals surface area contributed by atoms with E-state index < -0.39 is 6.04 Å². The van der Waals surface area contributed by atoms with Gasteiger partial charge in [0, 0.05) is 54.1 Å². The molecule has 0 radical (unpaired) electrons. The highest BCUT2D eigenvalue weighted by molar-refractivity contribution is 6.33. The first-order valence-electron chi connectivity index (χ1n) is 14.6. The lowest BCUT2D eigenvalue weighted by Crippen LogP contribution is -2.47. The number of anilines is 2. The highest BCUT2D eigenvalue weighted by Gasteiger charge is 2.32. The highest BCUT2D eigenvalue weighted by atomic mass is 35.5. The number of imide groups is 1. The van der Waals surface area contributed by atoms with Gasteiger partial charge in [0.05, 0.1) is 11.2 Å². The Bertz CT molecular complexity index is 1510. The number of fused-ring (bicyclic) bond motifs is 1. The molecule has 220 valence electrons. The van der Waals surface area contributed by atoms with Gasteiger partial charge in [-0.2, -0.15) is 5.10 Å². The van der Waals surface area contributed by atoms with Gasteiger partial charge >= 0.3 is 0 Å². The van der Waals surface area contributed by atoms with Crippen molar-refractivity contribution in [3.8, 4) is 11.1 Å². The van der Waals surface area contributed by atoms with Crippen LogP contribution in [0.2, 0.25) is 5.02 Å². The molecule has 11 heteroatoms. The molecule has 2 fully saturated rings. The zero-order valence-corrected chi connectivity index (χ0v) is 24.7. The lowest BCUT2D eigenvalue weighted by Gasteiger charge is -2.31. The molecule has 3 N–H and O–H groups in total. The molecule has 0 aliphatic carbocycles. The first kappa shape index (κ1) is 28.4. The summed E-state index contributed by atoms with van der Waals surface area (Å²) in [4.78, 5) is 43.3. The number of pyridine rings is 1. The lowest BCUT2D eigenvalue weighted by molar-refractivity contribution is -0.133. The van der Waals surface area contributed by atoms with Gasteiger partial charge in [-0.05, 0) is 68.0 Å². The third kappa shape index (κ3) is 6.19. The van der Waals surface area contributed by atoms with Crippen molar-refractivity contribution in [2.45, 2.75) is 65.1 Å². The van der Waals surface area contributed by atoms with Gasteiger partial charge in [-0.15, -0.1) is 0 Å². The molecular formula is C31H36ClN7O3. The summed E-state index contributed by atoms with van der Waals surface area (Å²) in [5, 5.41) is 13.7. The van der Waals surface area contributed by atoms with Crippen molar-refractivity contribution in [1.29, 1.82) is 0 Å². The van der Waals surface area contributed by atoms with E-state index in [-0.39, 0.29) is 29.1 Å². The van der Waals surface area contributed by atoms with E-state index in [2.05, 4.69) is 44.8 Å². The number of rotatable bonds is 7. The van der Waals surface area contributed by atoms with Gasteiger partial charge in [-0.1, -0.05) is 37.6 Å². The molecule has 3 amide bonds. The monoisotopic (exact) mass is 589 g/mol. The third-order valence-corrected chi connectivity index (χ3v) is 8.77. The fourth-order valence-corrected chi connectivity index (χ4v) is 6.37. The second-order valence-electron chi connectivity index (χ2n) is 12.4. The van der Waals surface area contributed by atoms with Crippen LogP contribution in [0.5, 0.6) is 0 Å². The molecule has 0 spiro atoms. The quantitative estimate of drug-likeness (QED) is 0.352. The van der Waals surface area contributed by atoms with Crippen LogP contribution in [0.15, 0.2) is 42.7 Å². The normalized spacial score (nSPS) is 20.7. The fourth-order valence-electron chi connectivity index (χ4n) is 6.17. The zero-order chi connectivity index (χ0) is 29.4. The number of aromatic nitrogens is 3. The molecule has 2 saturated heterocycles. The van der Waals surface area contributed by atoms with E-state index in [1.165, 1.54) is 5.56 Å². The Morgan fingerprint density at radius 3 is 2.60 bits per heavy atom. The molecule has 0 saturated carbocycles. The minimum absolute atomic E-state index is 0.0133. The molecule has 3 aromatic rings. The molecule has 1 atom stereocenters. The average molecular weight is 590 g/mol. The second kappa shape index (κ2) is 11.5. The standard InChI is InChI=1S/C31H36ClN7O3/c1-31(2)14-26-23(15-34-39(26)18-31)22-13-27(33-16-24(22)32)36-29(41)20-9-11-38(12-10-20)17-19-3-5-21(6-4-19)35-25-7-8-28(40)37-30(25)42/h3-6,13,15-16,20,25,35H,7-12,14,17-18H2,1-2H3,(H,33,36,41)(H,37,40,42). The molecular weight excluding hydrogens is 554 g/mol. The fraction of sp³-hybridized carbons (Fsp3) is 0.452. The minimum Gasteiger partial charge on any atom is -0.374 e. The molecule has 5 heterocycles. The SMILES string of the molecule is CC1(C)Cc2c(-c3cc(NC(=O)C4CCN(Cc5ccc(NC6CCC(=O)NC6=O)cc5)CC4)ncc3Cl)cnn2C1. The van der Waals surface area contributed by atoms with Crippen LogP contribution in [0.25, 0.3) is 11.1 Å². The van der Waals surface area contributed by atoms with Crippen molar-refractivity contribution < 1.29 is 14.4 Å². The maximum absolute atomic E-state index is 13.2. The largest absolute Gasteiger partial charge is 0.374 e. The van der Waals surface area contributed by atoms with Crippen molar-refractivity contribution in [1.82, 2.24) is 25.0 Å². The van der Waals surface area contributed by atoms with Gasteiger partial charge in [-0.3, -0.25) is 29.3 Å². The van der Waals surface area contributed by atoms with Crippen molar-refractivity contribution in [2.24, 2.45) is 11.3 Å². The van der Waals surface area contributed by atoms with Crippen LogP contribution in [0.1, 0.15) is 50.8 Å². The van der Waals surface area contributed by atoms with E-state index >= 15 is 0 Å². The van der Waals surface area contributed by atoms with Crippen molar-refractivity contribution in [3.63, 3.8) is 0 Å². The lowest BCUT2D eigenvalue weighted by atomic mass is 9.89. The number of piperidine rings is 2. The van der Waals surface area contributed by atoms with Gasteiger partial charge in [-0.25, -0.2) is 4.98 Å². The number of carbonyl (C=O) groups is 3. The molecule has 1 aromatic carbocycles. The maximum atomic E-state index is 13.2. The Morgan fingerprint density at radius 2 is 1.86 bits per heavy atom. The summed E-state index contributed by atoms with van der Waals surface area (Å²) >= 11 is 6.54. The first-order chi connectivity index (χ1) is 20.1. The second-order valence-corrected chi connectivity index (χ2v) is 12.8. The number of benzene rings is 1. The predicted molar refractivity (Wildman–Crippen MR) is 161 cm³/mol. The number of hydrogen-bond donors (Lipinski definition) is 3. The van der Waals surface area contributed by atoms with Gasteiger partial charge in [0.1, 0.15) is 11.9 Å². The Balaban J connectivity index is 1.01. The van der Waals surface area contributed by atoms with E-state index in [1.54, 1.807) is 6.20 Å². The number of nitrogens with zero attached hydrogens (tertiary/aromatic N) is 4. The maximum Gasteiger partial charge on any atom is 0.249 e. The Kier molecular flexibility index (Phi) is 7.76. The van der Waals surface area contributed by atoms with E-state index in [4.69, 9.17) is 11.6 Å². The van der Waals surface area contributed by atoms with Crippen LogP contribution >= 0.6 is 11.6 Å². The van der Waals surface area contributed by atoms with Gasteiger partial charge in [0.15, 0.2) is 0 Å². The number of halogens is 1. The Hall–Kier alpha value is -3.76. The molecule has 3 aliphatic rings. The van der Waals surface area contributed by atoms with Gasteiger partial charge < -0.3 is 10.6 Å². The molecule has 2 aromatic heterocycles. The summed E-state index contributed by atoms with van der Waals surface area (Å²) in [6, 6.07) is 9.49. The zero-order valence-electron chi connectivity index (χ0n) is 24.0. The van der Waals surface area contributed by atoms with Crippen LogP contribution in [0.4, 0.5) is 11.5 Å². The van der Waals surface area contributed by atoms with Crippen LogP contribution < -0.4 is 16.0 Å². The first-order valence-corrected chi connectivity index (χ1v) is 14.9. The number of carbonyl (C=O) groups excluding carboxylic acids is 3. The van der Waals surface area contributed by atoms with E-state index in [1.807, 2.05) is 41.2 Å². The van der Waals surface area contributed by atoms with Gasteiger partial charge in [0.25, 0.3) is 0 Å². The number of likely N-dealkylation sites (tertiary alicyclic amines) is 1. The summed E-state index contributed by atoms with van der Waals surface area (Å²) in [7, 11) is 0. The highest BCUT2D eigenvalue weighted by Crippen LogP contribution is 2.39. The van der Waals surface area contributed by atoms with Crippen LogP contribution in [-0.2, 0) is 33.9 Å². The van der Waals surface area contributed by atoms with Crippen LogP contribution in [0, 0.1) is 11.3 Å². The third-order valence-electron chi connectivity index (χ3n) is 8.47. The van der Waals surface area contributed by atoms with Crippen molar-refractivity contribution >= 4 is 40.8 Å². The summed E-state index contributed by atoms with van der Waals surface area (Å²) in [6.07, 6.45) is 6.76. The topological polar surface area (TPSA) is 121 Å². The number of hydrogen-bond acceptors (Lipinski definition) is 7. The minimum atomic E-state index is -0.396. The summed E-state index contributed by atoms with van der Waals surface area (Å²) in [5.41, 5.74) is 5.18. The van der Waals surface area contributed by atoms with E-state index in [9.17, 15) is 14.4 Å². The summed E-state index contributed by atoms with van der Waals surface area (Å²) in [5.74, 6) is -0.0857. The van der Waals surface area contributed by atoms with Crippen molar-refractivity contribution in [2.75, 3.05) is 23.7 Å².